The molecule has 0 N–H and O–H groups in total. The van der Waals surface area contributed by atoms with E-state index in [1.165, 1.54) is 0 Å². The van der Waals surface area contributed by atoms with Crippen LogP contribution in [0.4, 0.5) is 5.82 Å². The number of nitrogens with zero attached hydrogens (tertiary/aromatic N) is 6. The zero-order valence-corrected chi connectivity index (χ0v) is 18.8. The van der Waals surface area contributed by atoms with Crippen LogP contribution < -0.4 is 0 Å². The summed E-state index contributed by atoms with van der Waals surface area (Å²) in [6.07, 6.45) is 1.75. The summed E-state index contributed by atoms with van der Waals surface area (Å²) in [6, 6.07) is 15.6. The zero-order chi connectivity index (χ0) is 21.7. The fraction of sp³-hybridized carbons (Fsp3) is 0.217. The molecule has 0 spiro atoms. The van der Waals surface area contributed by atoms with Crippen LogP contribution in [0.15, 0.2) is 59.9 Å². The van der Waals surface area contributed by atoms with Crippen LogP contribution in [-0.4, -0.2) is 30.3 Å². The molecule has 1 aliphatic rings. The monoisotopic (exact) mass is 450 g/mol. The molecular formula is C23H20Cl2N6. The van der Waals surface area contributed by atoms with Crippen molar-refractivity contribution in [3.63, 3.8) is 0 Å². The van der Waals surface area contributed by atoms with E-state index in [2.05, 4.69) is 18.0 Å². The van der Waals surface area contributed by atoms with Crippen molar-refractivity contribution in [3.05, 3.63) is 87.5 Å². The Bertz CT molecular complexity index is 1320. The van der Waals surface area contributed by atoms with Crippen molar-refractivity contribution in [1.82, 2.24) is 24.5 Å². The highest BCUT2D eigenvalue weighted by Gasteiger charge is 2.37. The van der Waals surface area contributed by atoms with Crippen molar-refractivity contribution in [2.24, 2.45) is 4.99 Å². The third-order valence-corrected chi connectivity index (χ3v) is 6.33. The molecule has 0 aliphatic carbocycles. The minimum atomic E-state index is -0.200. The second kappa shape index (κ2) is 7.62. The van der Waals surface area contributed by atoms with Gasteiger partial charge in [-0.15, -0.1) is 0 Å². The smallest absolute Gasteiger partial charge is 0.162 e. The first-order valence-electron chi connectivity index (χ1n) is 9.96. The lowest BCUT2D eigenvalue weighted by Gasteiger charge is -2.30. The zero-order valence-electron chi connectivity index (χ0n) is 17.3. The summed E-state index contributed by atoms with van der Waals surface area (Å²) in [5, 5.41) is 10.6. The predicted molar refractivity (Wildman–Crippen MR) is 123 cm³/mol. The summed E-state index contributed by atoms with van der Waals surface area (Å²) in [4.78, 5) is 9.48. The highest BCUT2D eigenvalue weighted by Crippen LogP contribution is 2.42. The largest absolute Gasteiger partial charge is 0.239 e. The Morgan fingerprint density at radius 3 is 2.48 bits per heavy atom. The molecule has 0 radical (unpaired) electrons. The standard InChI is InChI=1S/C23H20Cl2N6/c1-13-6-4-5-7-19(13)30-12-26-23(29-30)21-15(3)27-20-10-14(2)28-31(20)22(21)16-8-9-17(24)18(25)11-16/h4-12,21-22H,1-3H3/t21?,22-/m1/s1. The van der Waals surface area contributed by atoms with Gasteiger partial charge in [-0.05, 0) is 50.1 Å². The highest BCUT2D eigenvalue weighted by molar-refractivity contribution is 6.42. The van der Waals surface area contributed by atoms with Gasteiger partial charge in [0.1, 0.15) is 6.33 Å². The fourth-order valence-corrected chi connectivity index (χ4v) is 4.43. The molecule has 1 unspecified atom stereocenters. The molecule has 4 aromatic rings. The first-order valence-corrected chi connectivity index (χ1v) is 10.7. The lowest BCUT2D eigenvalue weighted by Crippen LogP contribution is -2.29. The molecule has 0 saturated carbocycles. The average molecular weight is 451 g/mol. The Morgan fingerprint density at radius 2 is 1.71 bits per heavy atom. The molecule has 156 valence electrons. The van der Waals surface area contributed by atoms with Gasteiger partial charge >= 0.3 is 0 Å². The number of aromatic nitrogens is 5. The summed E-state index contributed by atoms with van der Waals surface area (Å²) in [6.45, 7) is 6.03. The van der Waals surface area contributed by atoms with Crippen LogP contribution in [0.5, 0.6) is 0 Å². The van der Waals surface area contributed by atoms with Crippen molar-refractivity contribution < 1.29 is 0 Å². The van der Waals surface area contributed by atoms with Crippen molar-refractivity contribution >= 4 is 34.7 Å². The molecule has 2 aromatic carbocycles. The van der Waals surface area contributed by atoms with E-state index in [1.54, 1.807) is 6.33 Å². The Labute approximate surface area is 190 Å². The van der Waals surface area contributed by atoms with E-state index < -0.39 is 0 Å². The second-order valence-corrected chi connectivity index (χ2v) is 8.59. The molecule has 1 aliphatic heterocycles. The van der Waals surface area contributed by atoms with Crippen LogP contribution in [0.25, 0.3) is 5.69 Å². The van der Waals surface area contributed by atoms with E-state index in [0.717, 1.165) is 34.0 Å². The molecule has 6 nitrogen and oxygen atoms in total. The molecule has 31 heavy (non-hydrogen) atoms. The number of hydrogen-bond donors (Lipinski definition) is 0. The maximum atomic E-state index is 6.37. The number of benzene rings is 2. The summed E-state index contributed by atoms with van der Waals surface area (Å²) in [5.74, 6) is 1.29. The number of halogens is 2. The highest BCUT2D eigenvalue weighted by atomic mass is 35.5. The lowest BCUT2D eigenvalue weighted by atomic mass is 9.87. The number of aliphatic imine (C=N–C) groups is 1. The van der Waals surface area contributed by atoms with Crippen molar-refractivity contribution in [1.29, 1.82) is 0 Å². The molecule has 2 aromatic heterocycles. The Kier molecular flexibility index (Phi) is 4.91. The van der Waals surface area contributed by atoms with Gasteiger partial charge in [-0.2, -0.15) is 10.2 Å². The van der Waals surface area contributed by atoms with Gasteiger partial charge in [0, 0.05) is 11.8 Å². The van der Waals surface area contributed by atoms with Gasteiger partial charge in [0.25, 0.3) is 0 Å². The predicted octanol–water partition coefficient (Wildman–Crippen LogP) is 5.87. The number of hydrogen-bond acceptors (Lipinski definition) is 4. The fourth-order valence-electron chi connectivity index (χ4n) is 4.12. The topological polar surface area (TPSA) is 60.9 Å². The Hall–Kier alpha value is -2.96. The van der Waals surface area contributed by atoms with E-state index >= 15 is 0 Å². The first kappa shape index (κ1) is 20.0. The second-order valence-electron chi connectivity index (χ2n) is 7.77. The van der Waals surface area contributed by atoms with Crippen molar-refractivity contribution in [2.45, 2.75) is 32.7 Å². The SMILES string of the molecule is CC1=Nc2cc(C)nn2[C@H](c2ccc(Cl)c(Cl)c2)C1c1ncn(-c2ccccc2C)n1. The van der Waals surface area contributed by atoms with Gasteiger partial charge in [0.2, 0.25) is 0 Å². The number of aryl methyl sites for hydroxylation is 2. The molecule has 3 heterocycles. The molecule has 8 heteroatoms. The van der Waals surface area contributed by atoms with Crippen molar-refractivity contribution in [3.8, 4) is 5.69 Å². The van der Waals surface area contributed by atoms with Crippen LogP contribution in [0.3, 0.4) is 0 Å². The average Bonchev–Trinajstić information content (AvgIpc) is 3.35. The van der Waals surface area contributed by atoms with Gasteiger partial charge < -0.3 is 0 Å². The molecule has 0 amide bonds. The summed E-state index contributed by atoms with van der Waals surface area (Å²) >= 11 is 12.6. The maximum Gasteiger partial charge on any atom is 0.162 e. The van der Waals surface area contributed by atoms with E-state index in [4.69, 9.17) is 38.4 Å². The van der Waals surface area contributed by atoms with E-state index in [1.807, 2.05) is 65.7 Å². The third kappa shape index (κ3) is 3.46. The maximum absolute atomic E-state index is 6.37. The van der Waals surface area contributed by atoms with Crippen LogP contribution in [-0.2, 0) is 0 Å². The van der Waals surface area contributed by atoms with Gasteiger partial charge in [0.05, 0.1) is 33.4 Å². The van der Waals surface area contributed by atoms with Crippen LogP contribution in [0, 0.1) is 13.8 Å². The number of fused-ring (bicyclic) bond motifs is 1. The van der Waals surface area contributed by atoms with Gasteiger partial charge in [0.15, 0.2) is 11.6 Å². The van der Waals surface area contributed by atoms with Crippen molar-refractivity contribution in [2.75, 3.05) is 0 Å². The molecular weight excluding hydrogens is 431 g/mol. The number of rotatable bonds is 3. The number of para-hydroxylation sites is 1. The Morgan fingerprint density at radius 1 is 0.903 bits per heavy atom. The lowest BCUT2D eigenvalue weighted by molar-refractivity contribution is 0.473. The first-order chi connectivity index (χ1) is 14.9. The van der Waals surface area contributed by atoms with E-state index in [0.29, 0.717) is 15.9 Å². The molecule has 2 atom stereocenters. The van der Waals surface area contributed by atoms with Crippen LogP contribution >= 0.6 is 23.2 Å². The van der Waals surface area contributed by atoms with E-state index in [9.17, 15) is 0 Å². The van der Waals surface area contributed by atoms with Crippen LogP contribution in [0.1, 0.15) is 41.5 Å². The Balaban J connectivity index is 1.66. The summed E-state index contributed by atoms with van der Waals surface area (Å²) in [7, 11) is 0. The van der Waals surface area contributed by atoms with E-state index in [-0.39, 0.29) is 12.0 Å². The minimum Gasteiger partial charge on any atom is -0.239 e. The molecule has 0 saturated heterocycles. The van der Waals surface area contributed by atoms with Gasteiger partial charge in [-0.3, -0.25) is 0 Å². The molecule has 5 rings (SSSR count). The summed E-state index contributed by atoms with van der Waals surface area (Å²) in [5.41, 5.74) is 4.92. The normalized spacial score (nSPS) is 18.0. The quantitative estimate of drug-likeness (QED) is 0.392. The van der Waals surface area contributed by atoms with Gasteiger partial charge in [-0.25, -0.2) is 19.3 Å². The van der Waals surface area contributed by atoms with Gasteiger partial charge in [-0.1, -0.05) is 47.5 Å². The third-order valence-electron chi connectivity index (χ3n) is 5.59. The molecule has 0 fully saturated rings. The summed E-state index contributed by atoms with van der Waals surface area (Å²) < 4.78 is 3.74. The minimum absolute atomic E-state index is 0.191. The van der Waals surface area contributed by atoms with Crippen LogP contribution in [0.2, 0.25) is 10.0 Å². The molecule has 0 bridgehead atoms.